The number of nitrogens with one attached hydrogen (secondary N) is 1. The van der Waals surface area contributed by atoms with E-state index in [1.807, 2.05) is 44.2 Å². The maximum absolute atomic E-state index is 13.1. The summed E-state index contributed by atoms with van der Waals surface area (Å²) < 4.78 is 52.9. The molecule has 1 aromatic heterocycles. The molecule has 0 aliphatic rings. The fourth-order valence-electron chi connectivity index (χ4n) is 3.14. The minimum absolute atomic E-state index is 0.0407. The first-order valence-electron chi connectivity index (χ1n) is 10.1. The van der Waals surface area contributed by atoms with Crippen molar-refractivity contribution in [1.29, 1.82) is 0 Å². The molecule has 172 valence electrons. The number of hydrogen-bond acceptors (Lipinski definition) is 6. The predicted molar refractivity (Wildman–Crippen MR) is 130 cm³/mol. The van der Waals surface area contributed by atoms with Crippen LogP contribution in [-0.2, 0) is 32.3 Å². The highest BCUT2D eigenvalue weighted by atomic mass is 32.2. The summed E-state index contributed by atoms with van der Waals surface area (Å²) in [7, 11) is -6.84. The van der Waals surface area contributed by atoms with Crippen LogP contribution in [0, 0.1) is 5.92 Å². The smallest absolute Gasteiger partial charge is 0.229 e. The number of nitrogens with zero attached hydrogens (tertiary/aromatic N) is 2. The van der Waals surface area contributed by atoms with Gasteiger partial charge in [0.2, 0.25) is 20.0 Å². The van der Waals surface area contributed by atoms with Gasteiger partial charge in [0.05, 0.1) is 12.0 Å². The lowest BCUT2D eigenvalue weighted by Gasteiger charge is -2.23. The van der Waals surface area contributed by atoms with Crippen molar-refractivity contribution < 1.29 is 16.8 Å². The van der Waals surface area contributed by atoms with Gasteiger partial charge in [-0.25, -0.2) is 21.8 Å². The van der Waals surface area contributed by atoms with Crippen molar-refractivity contribution in [3.63, 3.8) is 0 Å². The first-order chi connectivity index (χ1) is 15.0. The number of thiazole rings is 1. The van der Waals surface area contributed by atoms with E-state index in [-0.39, 0.29) is 18.2 Å². The van der Waals surface area contributed by atoms with Gasteiger partial charge in [0, 0.05) is 35.4 Å². The summed E-state index contributed by atoms with van der Waals surface area (Å²) in [6, 6.07) is 16.1. The molecule has 3 rings (SSSR count). The zero-order valence-electron chi connectivity index (χ0n) is 18.2. The highest BCUT2D eigenvalue weighted by Gasteiger charge is 2.24. The molecule has 3 aromatic rings. The Kier molecular flexibility index (Phi) is 7.71. The van der Waals surface area contributed by atoms with E-state index in [1.54, 1.807) is 30.5 Å². The van der Waals surface area contributed by atoms with Crippen LogP contribution in [0.4, 0.5) is 5.69 Å². The molecule has 0 amide bonds. The van der Waals surface area contributed by atoms with Gasteiger partial charge in [-0.05, 0) is 35.7 Å². The highest BCUT2D eigenvalue weighted by Crippen LogP contribution is 2.28. The monoisotopic (exact) mass is 493 g/mol. The third kappa shape index (κ3) is 7.13. The van der Waals surface area contributed by atoms with Crippen molar-refractivity contribution in [2.75, 3.05) is 17.5 Å². The fourth-order valence-corrected chi connectivity index (χ4v) is 6.38. The summed E-state index contributed by atoms with van der Waals surface area (Å²) in [5.41, 5.74) is 2.07. The third-order valence-electron chi connectivity index (χ3n) is 4.47. The van der Waals surface area contributed by atoms with E-state index < -0.39 is 20.0 Å². The van der Waals surface area contributed by atoms with Crippen LogP contribution in [0.2, 0.25) is 0 Å². The van der Waals surface area contributed by atoms with Crippen LogP contribution in [0.25, 0.3) is 10.6 Å². The molecule has 0 spiro atoms. The van der Waals surface area contributed by atoms with E-state index in [9.17, 15) is 16.8 Å². The average Bonchev–Trinajstić information content (AvgIpc) is 3.15. The largest absolute Gasteiger partial charge is 0.284 e. The fraction of sp³-hybridized carbons (Fsp3) is 0.318. The molecule has 0 atom stereocenters. The van der Waals surface area contributed by atoms with Crippen molar-refractivity contribution in [2.45, 2.75) is 26.1 Å². The zero-order valence-corrected chi connectivity index (χ0v) is 20.7. The molecule has 0 saturated heterocycles. The van der Waals surface area contributed by atoms with Crippen LogP contribution >= 0.6 is 11.3 Å². The molecule has 0 bridgehead atoms. The van der Waals surface area contributed by atoms with Crippen LogP contribution in [0.5, 0.6) is 0 Å². The molecular formula is C22H27N3O4S3. The van der Waals surface area contributed by atoms with Gasteiger partial charge in [-0.1, -0.05) is 44.2 Å². The minimum Gasteiger partial charge on any atom is -0.284 e. The molecule has 10 heteroatoms. The topological polar surface area (TPSA) is 96.4 Å². The van der Waals surface area contributed by atoms with Crippen molar-refractivity contribution in [1.82, 2.24) is 9.29 Å². The Hall–Kier alpha value is -2.27. The van der Waals surface area contributed by atoms with Gasteiger partial charge in [0.1, 0.15) is 5.01 Å². The lowest BCUT2D eigenvalue weighted by molar-refractivity contribution is 0.363. The maximum Gasteiger partial charge on any atom is 0.229 e. The number of sulfonamides is 2. The van der Waals surface area contributed by atoms with Gasteiger partial charge in [-0.15, -0.1) is 11.3 Å². The molecular weight excluding hydrogens is 466 g/mol. The predicted octanol–water partition coefficient (Wildman–Crippen LogP) is 4.17. The summed E-state index contributed by atoms with van der Waals surface area (Å²) in [6.07, 6.45) is 2.80. The first kappa shape index (κ1) is 24.4. The average molecular weight is 494 g/mol. The first-order valence-corrected chi connectivity index (χ1v) is 14.4. The number of rotatable bonds is 10. The Morgan fingerprint density at radius 2 is 1.66 bits per heavy atom. The second-order valence-electron chi connectivity index (χ2n) is 8.01. The van der Waals surface area contributed by atoms with Gasteiger partial charge in [0.15, 0.2) is 0 Å². The zero-order chi connectivity index (χ0) is 23.4. The SMILES string of the molecule is CC(C)CN(Cc1cnc(-c2ccc(NS(C)(=O)=O)cc2)s1)S(=O)(=O)Cc1ccccc1. The third-order valence-corrected chi connectivity index (χ3v) is 7.88. The summed E-state index contributed by atoms with van der Waals surface area (Å²) in [5.74, 6) is 0.143. The van der Waals surface area contributed by atoms with E-state index in [1.165, 1.54) is 15.6 Å². The van der Waals surface area contributed by atoms with Crippen LogP contribution < -0.4 is 4.72 Å². The van der Waals surface area contributed by atoms with E-state index in [2.05, 4.69) is 9.71 Å². The van der Waals surface area contributed by atoms with E-state index in [0.717, 1.165) is 27.3 Å². The molecule has 32 heavy (non-hydrogen) atoms. The molecule has 1 heterocycles. The lowest BCUT2D eigenvalue weighted by Crippen LogP contribution is -2.34. The van der Waals surface area contributed by atoms with Crippen LogP contribution in [0.15, 0.2) is 60.8 Å². The summed E-state index contributed by atoms with van der Waals surface area (Å²) >= 11 is 1.43. The number of aromatic nitrogens is 1. The number of benzene rings is 2. The standard InChI is InChI=1S/C22H27N3O4S3/c1-17(2)14-25(32(28,29)16-18-7-5-4-6-8-18)15-21-13-23-22(30-21)19-9-11-20(12-10-19)24-31(3,26)27/h4-13,17,24H,14-16H2,1-3H3. The quantitative estimate of drug-likeness (QED) is 0.457. The normalized spacial score (nSPS) is 12.4. The highest BCUT2D eigenvalue weighted by molar-refractivity contribution is 7.92. The number of hydrogen-bond donors (Lipinski definition) is 1. The van der Waals surface area contributed by atoms with Crippen molar-refractivity contribution in [3.05, 3.63) is 71.2 Å². The molecule has 0 unspecified atom stereocenters. The Labute approximate surface area is 194 Å². The second-order valence-corrected chi connectivity index (χ2v) is 12.8. The maximum atomic E-state index is 13.1. The van der Waals surface area contributed by atoms with Crippen molar-refractivity contribution in [3.8, 4) is 10.6 Å². The molecule has 1 N–H and O–H groups in total. The molecule has 0 aliphatic carbocycles. The Morgan fingerprint density at radius 1 is 1.00 bits per heavy atom. The van der Waals surface area contributed by atoms with E-state index in [4.69, 9.17) is 0 Å². The minimum atomic E-state index is -3.50. The van der Waals surface area contributed by atoms with Crippen LogP contribution in [-0.4, -0.2) is 38.9 Å². The van der Waals surface area contributed by atoms with Gasteiger partial charge in [0.25, 0.3) is 0 Å². The van der Waals surface area contributed by atoms with E-state index >= 15 is 0 Å². The second kappa shape index (κ2) is 10.1. The molecule has 0 aliphatic heterocycles. The summed E-state index contributed by atoms with van der Waals surface area (Å²) in [6.45, 7) is 4.68. The molecule has 0 saturated carbocycles. The summed E-state index contributed by atoms with van der Waals surface area (Å²) in [5, 5.41) is 0.746. The van der Waals surface area contributed by atoms with Gasteiger partial charge < -0.3 is 0 Å². The number of anilines is 1. The molecule has 7 nitrogen and oxygen atoms in total. The van der Waals surface area contributed by atoms with Gasteiger partial charge in [-0.3, -0.25) is 4.72 Å². The van der Waals surface area contributed by atoms with Gasteiger partial charge >= 0.3 is 0 Å². The lowest BCUT2D eigenvalue weighted by atomic mass is 10.2. The van der Waals surface area contributed by atoms with Crippen molar-refractivity contribution >= 4 is 37.1 Å². The van der Waals surface area contributed by atoms with Crippen molar-refractivity contribution in [2.24, 2.45) is 5.92 Å². The Morgan fingerprint density at radius 3 is 2.25 bits per heavy atom. The Bertz CT molecular complexity index is 1240. The molecule has 0 radical (unpaired) electrons. The summed E-state index contributed by atoms with van der Waals surface area (Å²) in [4.78, 5) is 5.29. The molecule has 0 fully saturated rings. The Balaban J connectivity index is 1.77. The van der Waals surface area contributed by atoms with Crippen LogP contribution in [0.1, 0.15) is 24.3 Å². The van der Waals surface area contributed by atoms with E-state index in [0.29, 0.717) is 12.2 Å². The van der Waals surface area contributed by atoms with Crippen LogP contribution in [0.3, 0.4) is 0 Å². The molecule has 2 aromatic carbocycles. The van der Waals surface area contributed by atoms with Gasteiger partial charge in [-0.2, -0.15) is 4.31 Å².